The molecule has 0 aliphatic rings. The fraction of sp³-hybridized carbons (Fsp3) is 1.00. The molecule has 0 saturated heterocycles. The average Bonchev–Trinajstić information content (AvgIpc) is 2.82. The van der Waals surface area contributed by atoms with Gasteiger partial charge in [-0.2, -0.15) is 0 Å². The molecule has 0 aromatic heterocycles. The normalized spacial score (nSPS) is 11.6. The second-order valence-corrected chi connectivity index (χ2v) is 9.14. The van der Waals surface area contributed by atoms with Crippen LogP contribution in [-0.4, -0.2) is 98.9 Å². The van der Waals surface area contributed by atoms with Crippen LogP contribution in [0, 0.1) is 0 Å². The number of hydrogen-bond acceptors (Lipinski definition) is 10. The SMILES string of the molecule is CCCCCCCCCCCCOCCOCCOCCOCCOCCOCCOS(=O)(=O)[O-].[Na+]. The Hall–Kier alpha value is 0.630. The minimum atomic E-state index is -4.65. The number of ether oxygens (including phenoxy) is 6. The zero-order valence-electron chi connectivity index (χ0n) is 22.8. The van der Waals surface area contributed by atoms with Gasteiger partial charge in [-0.05, 0) is 6.42 Å². The Morgan fingerprint density at radius 3 is 1.06 bits per heavy atom. The Bertz CT molecular complexity index is 511. The molecule has 0 saturated carbocycles. The predicted molar refractivity (Wildman–Crippen MR) is 132 cm³/mol. The van der Waals surface area contributed by atoms with Gasteiger partial charge in [0.2, 0.25) is 10.4 Å². The monoisotopic (exact) mass is 552 g/mol. The van der Waals surface area contributed by atoms with E-state index in [9.17, 15) is 13.0 Å². The van der Waals surface area contributed by atoms with Crippen molar-refractivity contribution in [3.63, 3.8) is 0 Å². The summed E-state index contributed by atoms with van der Waals surface area (Å²) in [5.41, 5.74) is 0. The van der Waals surface area contributed by atoms with E-state index >= 15 is 0 Å². The zero-order chi connectivity index (χ0) is 25.7. The van der Waals surface area contributed by atoms with E-state index in [1.54, 1.807) is 0 Å². The van der Waals surface area contributed by atoms with Crippen LogP contribution in [-0.2, 0) is 43.0 Å². The summed E-state index contributed by atoms with van der Waals surface area (Å²) in [5.74, 6) is 0. The second kappa shape index (κ2) is 31.8. The summed E-state index contributed by atoms with van der Waals surface area (Å²) in [5, 5.41) is 0. The average molecular weight is 553 g/mol. The van der Waals surface area contributed by atoms with Gasteiger partial charge >= 0.3 is 29.6 Å². The van der Waals surface area contributed by atoms with Crippen LogP contribution in [0.4, 0.5) is 0 Å². The third kappa shape index (κ3) is 36.8. The number of unbranched alkanes of at least 4 members (excludes halogenated alkanes) is 9. The fourth-order valence-electron chi connectivity index (χ4n) is 3.09. The largest absolute Gasteiger partial charge is 1.00 e. The van der Waals surface area contributed by atoms with Crippen LogP contribution < -0.4 is 29.6 Å². The van der Waals surface area contributed by atoms with E-state index in [1.165, 1.54) is 57.8 Å². The second-order valence-electron chi connectivity index (χ2n) is 8.09. The molecule has 36 heavy (non-hydrogen) atoms. The van der Waals surface area contributed by atoms with Crippen molar-refractivity contribution in [3.05, 3.63) is 0 Å². The van der Waals surface area contributed by atoms with Crippen molar-refractivity contribution in [2.75, 3.05) is 85.9 Å². The van der Waals surface area contributed by atoms with E-state index in [0.29, 0.717) is 59.5 Å². The van der Waals surface area contributed by atoms with Gasteiger partial charge in [0.1, 0.15) is 0 Å². The Morgan fingerprint density at radius 1 is 0.444 bits per heavy atom. The summed E-state index contributed by atoms with van der Waals surface area (Å²) in [6.45, 7) is 7.48. The third-order valence-corrected chi connectivity index (χ3v) is 5.41. The van der Waals surface area contributed by atoms with E-state index in [1.807, 2.05) is 0 Å². The summed E-state index contributed by atoms with van der Waals surface area (Å²) >= 11 is 0. The van der Waals surface area contributed by atoms with Gasteiger partial charge in [0.15, 0.2) is 0 Å². The van der Waals surface area contributed by atoms with E-state index in [0.717, 1.165) is 13.0 Å². The molecule has 12 heteroatoms. The minimum absolute atomic E-state index is 0. The van der Waals surface area contributed by atoms with Gasteiger partial charge in [0.05, 0.1) is 79.3 Å². The van der Waals surface area contributed by atoms with Crippen LogP contribution in [0.2, 0.25) is 0 Å². The molecule has 0 spiro atoms. The Kier molecular flexibility index (Phi) is 34.3. The Morgan fingerprint density at radius 2 is 0.722 bits per heavy atom. The van der Waals surface area contributed by atoms with Crippen molar-refractivity contribution in [1.29, 1.82) is 0 Å². The van der Waals surface area contributed by atoms with Crippen molar-refractivity contribution < 1.29 is 75.1 Å². The summed E-state index contributed by atoms with van der Waals surface area (Å²) in [7, 11) is -4.65. The van der Waals surface area contributed by atoms with Crippen LogP contribution >= 0.6 is 0 Å². The maximum Gasteiger partial charge on any atom is 1.00 e. The van der Waals surface area contributed by atoms with Crippen LogP contribution in [0.3, 0.4) is 0 Å². The first kappa shape index (κ1) is 38.8. The number of hydrogen-bond donors (Lipinski definition) is 0. The summed E-state index contributed by atoms with van der Waals surface area (Å²) in [6, 6.07) is 0. The first-order chi connectivity index (χ1) is 17.1. The van der Waals surface area contributed by atoms with E-state index in [-0.39, 0.29) is 49.4 Å². The molecule has 0 atom stereocenters. The molecule has 212 valence electrons. The zero-order valence-corrected chi connectivity index (χ0v) is 25.6. The molecular weight excluding hydrogens is 503 g/mol. The van der Waals surface area contributed by atoms with Gasteiger partial charge in [0, 0.05) is 6.61 Å². The summed E-state index contributed by atoms with van der Waals surface area (Å²) in [6.07, 6.45) is 13.3. The van der Waals surface area contributed by atoms with Crippen LogP contribution in [0.15, 0.2) is 0 Å². The molecule has 0 fully saturated rings. The van der Waals surface area contributed by atoms with Gasteiger partial charge < -0.3 is 33.0 Å². The van der Waals surface area contributed by atoms with Gasteiger partial charge in [0.25, 0.3) is 0 Å². The van der Waals surface area contributed by atoms with Gasteiger partial charge in [-0.15, -0.1) is 0 Å². The Balaban J connectivity index is 0. The molecule has 0 rings (SSSR count). The molecule has 0 amide bonds. The third-order valence-electron chi connectivity index (χ3n) is 4.96. The van der Waals surface area contributed by atoms with Crippen LogP contribution in [0.5, 0.6) is 0 Å². The smallest absolute Gasteiger partial charge is 0.726 e. The molecular formula is C24H49NaO10S. The van der Waals surface area contributed by atoms with Crippen molar-refractivity contribution in [3.8, 4) is 0 Å². The molecule has 0 bridgehead atoms. The quantitative estimate of drug-likeness (QED) is 0.0538. The number of rotatable bonds is 30. The first-order valence-electron chi connectivity index (χ1n) is 13.1. The van der Waals surface area contributed by atoms with Crippen LogP contribution in [0.25, 0.3) is 0 Å². The van der Waals surface area contributed by atoms with E-state index in [4.69, 9.17) is 28.4 Å². The van der Waals surface area contributed by atoms with Crippen molar-refractivity contribution in [1.82, 2.24) is 0 Å². The fourth-order valence-corrected chi connectivity index (χ4v) is 3.36. The molecule has 10 nitrogen and oxygen atoms in total. The molecule has 0 aliphatic carbocycles. The topological polar surface area (TPSA) is 122 Å². The molecule has 0 aliphatic heterocycles. The summed E-state index contributed by atoms with van der Waals surface area (Å²) < 4.78 is 66.8. The van der Waals surface area contributed by atoms with Crippen molar-refractivity contribution >= 4 is 10.4 Å². The molecule has 0 heterocycles. The predicted octanol–water partition coefficient (Wildman–Crippen LogP) is 0.488. The van der Waals surface area contributed by atoms with Crippen molar-refractivity contribution in [2.24, 2.45) is 0 Å². The first-order valence-corrected chi connectivity index (χ1v) is 14.5. The van der Waals surface area contributed by atoms with E-state index in [2.05, 4.69) is 11.1 Å². The Labute approximate surface area is 241 Å². The maximum absolute atomic E-state index is 10.2. The van der Waals surface area contributed by atoms with Gasteiger partial charge in [-0.1, -0.05) is 64.7 Å². The van der Waals surface area contributed by atoms with Crippen LogP contribution in [0.1, 0.15) is 71.1 Å². The van der Waals surface area contributed by atoms with E-state index < -0.39 is 10.4 Å². The molecule has 0 aromatic carbocycles. The molecule has 0 aromatic rings. The molecule has 0 N–H and O–H groups in total. The minimum Gasteiger partial charge on any atom is -0.726 e. The van der Waals surface area contributed by atoms with Gasteiger partial charge in [-0.3, -0.25) is 4.18 Å². The molecule has 0 unspecified atom stereocenters. The molecule has 0 radical (unpaired) electrons. The van der Waals surface area contributed by atoms with Crippen molar-refractivity contribution in [2.45, 2.75) is 71.1 Å². The standard InChI is InChI=1S/C24H50O10S.Na/c1-2-3-4-5-6-7-8-9-10-11-12-28-13-14-29-15-16-30-17-18-31-19-20-32-21-22-33-23-24-34-35(25,26)27;/h2-24H2,1H3,(H,25,26,27);/q;+1/p-1. The van der Waals surface area contributed by atoms with Gasteiger partial charge in [-0.25, -0.2) is 8.42 Å². The summed E-state index contributed by atoms with van der Waals surface area (Å²) in [4.78, 5) is 0. The maximum atomic E-state index is 10.2.